The van der Waals surface area contributed by atoms with Gasteiger partial charge in [-0.25, -0.2) is 14.2 Å². The Balaban J connectivity index is 1.50. The van der Waals surface area contributed by atoms with Gasteiger partial charge in [0.25, 0.3) is 11.5 Å². The molecule has 9 nitrogen and oxygen atoms in total. The van der Waals surface area contributed by atoms with Crippen molar-refractivity contribution in [3.05, 3.63) is 99.3 Å². The van der Waals surface area contributed by atoms with E-state index in [1.165, 1.54) is 30.3 Å². The summed E-state index contributed by atoms with van der Waals surface area (Å²) in [5, 5.41) is 21.0. The Bertz CT molecular complexity index is 1470. The van der Waals surface area contributed by atoms with Gasteiger partial charge >= 0.3 is 5.97 Å². The molecule has 0 aliphatic carbocycles. The molecule has 0 saturated heterocycles. The van der Waals surface area contributed by atoms with E-state index in [-0.39, 0.29) is 46.9 Å². The maximum absolute atomic E-state index is 14.5. The normalized spacial score (nSPS) is 10.8. The number of amides is 1. The van der Waals surface area contributed by atoms with Crippen LogP contribution in [0.1, 0.15) is 32.1 Å². The third-order valence-corrected chi connectivity index (χ3v) is 5.20. The van der Waals surface area contributed by atoms with Crippen LogP contribution in [0.3, 0.4) is 0 Å². The summed E-state index contributed by atoms with van der Waals surface area (Å²) in [6.45, 7) is 0.119. The summed E-state index contributed by atoms with van der Waals surface area (Å²) in [6.07, 6.45) is 0.344. The van der Waals surface area contributed by atoms with Gasteiger partial charge < -0.3 is 25.3 Å². The summed E-state index contributed by atoms with van der Waals surface area (Å²) in [7, 11) is 0. The number of hydrogen-bond acceptors (Lipinski definition) is 6. The van der Waals surface area contributed by atoms with Crippen LogP contribution in [-0.2, 0) is 13.0 Å². The van der Waals surface area contributed by atoms with Gasteiger partial charge in [-0.05, 0) is 47.5 Å². The van der Waals surface area contributed by atoms with Crippen molar-refractivity contribution in [2.75, 3.05) is 6.61 Å². The number of carboxylic acids is 1. The SMILES string of the molecule is O=C(O)c1ccc(CCOc2c(F)ccc3nc(C(=O)NCc4cccc(O)c4)[nH]c(=O)c23)cc1. The second kappa shape index (κ2) is 10.0. The summed E-state index contributed by atoms with van der Waals surface area (Å²) in [4.78, 5) is 42.7. The van der Waals surface area contributed by atoms with Gasteiger partial charge in [0.2, 0.25) is 0 Å². The second-order valence-electron chi connectivity index (χ2n) is 7.64. The predicted molar refractivity (Wildman–Crippen MR) is 124 cm³/mol. The topological polar surface area (TPSA) is 142 Å². The Morgan fingerprint density at radius 2 is 1.83 bits per heavy atom. The fraction of sp³-hybridized carbons (Fsp3) is 0.120. The highest BCUT2D eigenvalue weighted by Crippen LogP contribution is 2.25. The molecule has 178 valence electrons. The number of ether oxygens (including phenoxy) is 1. The molecule has 4 N–H and O–H groups in total. The lowest BCUT2D eigenvalue weighted by Gasteiger charge is -2.11. The van der Waals surface area contributed by atoms with E-state index in [0.29, 0.717) is 12.0 Å². The molecule has 0 atom stereocenters. The lowest BCUT2D eigenvalue weighted by molar-refractivity contribution is 0.0696. The standard InChI is InChI=1S/C25H20FN3O6/c26-18-8-9-19-20(21(18)35-11-10-14-4-6-16(7-5-14)25(33)34)23(31)29-22(28-19)24(32)27-13-15-2-1-3-17(30)12-15/h1-9,12,30H,10-11,13H2,(H,27,32)(H,33,34)(H,28,29,31). The van der Waals surface area contributed by atoms with E-state index in [2.05, 4.69) is 15.3 Å². The number of carbonyl (C=O) groups excluding carboxylic acids is 1. The number of hydrogen-bond donors (Lipinski definition) is 4. The monoisotopic (exact) mass is 477 g/mol. The summed E-state index contributed by atoms with van der Waals surface area (Å²) >= 11 is 0. The number of phenols is 1. The first kappa shape index (κ1) is 23.4. The van der Waals surface area contributed by atoms with Crippen molar-refractivity contribution < 1.29 is 28.9 Å². The van der Waals surface area contributed by atoms with Crippen LogP contribution in [0.2, 0.25) is 0 Å². The van der Waals surface area contributed by atoms with Crippen molar-refractivity contribution >= 4 is 22.8 Å². The van der Waals surface area contributed by atoms with E-state index in [4.69, 9.17) is 9.84 Å². The van der Waals surface area contributed by atoms with Gasteiger partial charge in [-0.15, -0.1) is 0 Å². The molecule has 4 rings (SSSR count). The number of phenolic OH excluding ortho intramolecular Hbond substituents is 1. The predicted octanol–water partition coefficient (Wildman–Crippen LogP) is 3.02. The number of aromatic hydroxyl groups is 1. The zero-order chi connectivity index (χ0) is 24.9. The summed E-state index contributed by atoms with van der Waals surface area (Å²) in [5.41, 5.74) is 0.913. The number of aromatic nitrogens is 2. The van der Waals surface area contributed by atoms with Crippen molar-refractivity contribution in [2.24, 2.45) is 0 Å². The number of fused-ring (bicyclic) bond motifs is 1. The number of nitrogens with zero attached hydrogens (tertiary/aromatic N) is 1. The van der Waals surface area contributed by atoms with Crippen LogP contribution in [0.4, 0.5) is 4.39 Å². The lowest BCUT2D eigenvalue weighted by Crippen LogP contribution is -2.27. The van der Waals surface area contributed by atoms with Gasteiger partial charge in [-0.1, -0.05) is 24.3 Å². The smallest absolute Gasteiger partial charge is 0.335 e. The largest absolute Gasteiger partial charge is 0.508 e. The van der Waals surface area contributed by atoms with Gasteiger partial charge in [0.1, 0.15) is 11.1 Å². The van der Waals surface area contributed by atoms with Crippen LogP contribution in [0, 0.1) is 5.82 Å². The number of H-pyrrole nitrogens is 1. The second-order valence-corrected chi connectivity index (χ2v) is 7.64. The van der Waals surface area contributed by atoms with E-state index in [0.717, 1.165) is 11.6 Å². The quantitative estimate of drug-likeness (QED) is 0.306. The fourth-order valence-corrected chi connectivity index (χ4v) is 3.44. The first-order chi connectivity index (χ1) is 16.8. The van der Waals surface area contributed by atoms with E-state index in [9.17, 15) is 23.9 Å². The maximum Gasteiger partial charge on any atom is 0.335 e. The number of carbonyl (C=O) groups is 2. The first-order valence-electron chi connectivity index (χ1n) is 10.6. The van der Waals surface area contributed by atoms with E-state index in [1.54, 1.807) is 24.3 Å². The third kappa shape index (κ3) is 5.44. The molecule has 10 heteroatoms. The third-order valence-electron chi connectivity index (χ3n) is 5.20. The molecule has 1 aromatic heterocycles. The van der Waals surface area contributed by atoms with Crippen molar-refractivity contribution in [3.63, 3.8) is 0 Å². The van der Waals surface area contributed by atoms with Crippen LogP contribution < -0.4 is 15.6 Å². The van der Waals surface area contributed by atoms with Gasteiger partial charge in [0.05, 0.1) is 17.7 Å². The van der Waals surface area contributed by atoms with Crippen LogP contribution in [0.15, 0.2) is 65.5 Å². The number of nitrogens with one attached hydrogen (secondary N) is 2. The van der Waals surface area contributed by atoms with Gasteiger partial charge in [0, 0.05) is 13.0 Å². The molecular formula is C25H20FN3O6. The number of aromatic carboxylic acids is 1. The van der Waals surface area contributed by atoms with Crippen LogP contribution >= 0.6 is 0 Å². The Morgan fingerprint density at radius 1 is 1.06 bits per heavy atom. The molecule has 0 bridgehead atoms. The highest BCUT2D eigenvalue weighted by Gasteiger charge is 2.17. The molecule has 0 aliphatic rings. The number of carboxylic acid groups (broad SMARTS) is 1. The van der Waals surface area contributed by atoms with Crippen molar-refractivity contribution in [2.45, 2.75) is 13.0 Å². The van der Waals surface area contributed by atoms with Crippen LogP contribution in [0.5, 0.6) is 11.5 Å². The van der Waals surface area contributed by atoms with Crippen LogP contribution in [-0.4, -0.2) is 38.7 Å². The molecule has 1 heterocycles. The molecule has 4 aromatic rings. The number of aromatic amines is 1. The molecule has 3 aromatic carbocycles. The molecule has 0 spiro atoms. The fourth-order valence-electron chi connectivity index (χ4n) is 3.44. The van der Waals surface area contributed by atoms with Gasteiger partial charge in [-0.3, -0.25) is 9.59 Å². The zero-order valence-corrected chi connectivity index (χ0v) is 18.2. The molecule has 0 fully saturated rings. The summed E-state index contributed by atoms with van der Waals surface area (Å²) in [5.74, 6) is -2.93. The molecule has 0 aliphatic heterocycles. The molecular weight excluding hydrogens is 457 g/mol. The summed E-state index contributed by atoms with van der Waals surface area (Å²) < 4.78 is 20.1. The van der Waals surface area contributed by atoms with Crippen molar-refractivity contribution in [3.8, 4) is 11.5 Å². The average molecular weight is 477 g/mol. The Morgan fingerprint density at radius 3 is 2.54 bits per heavy atom. The minimum absolute atomic E-state index is 0.0219. The van der Waals surface area contributed by atoms with Gasteiger partial charge in [-0.2, -0.15) is 0 Å². The first-order valence-corrected chi connectivity index (χ1v) is 10.6. The minimum Gasteiger partial charge on any atom is -0.508 e. The number of halogens is 1. The number of rotatable bonds is 8. The maximum atomic E-state index is 14.5. The highest BCUT2D eigenvalue weighted by molar-refractivity contribution is 5.93. The van der Waals surface area contributed by atoms with Crippen LogP contribution in [0.25, 0.3) is 10.9 Å². The Labute approximate surface area is 197 Å². The summed E-state index contributed by atoms with van der Waals surface area (Å²) in [6, 6.07) is 14.9. The molecule has 0 unspecified atom stereocenters. The van der Waals surface area contributed by atoms with Crippen molar-refractivity contribution in [1.29, 1.82) is 0 Å². The Kier molecular flexibility index (Phi) is 6.72. The van der Waals surface area contributed by atoms with Crippen molar-refractivity contribution in [1.82, 2.24) is 15.3 Å². The molecule has 0 saturated carbocycles. The van der Waals surface area contributed by atoms with E-state index < -0.39 is 23.3 Å². The highest BCUT2D eigenvalue weighted by atomic mass is 19.1. The van der Waals surface area contributed by atoms with Gasteiger partial charge in [0.15, 0.2) is 17.4 Å². The van der Waals surface area contributed by atoms with E-state index in [1.807, 2.05) is 0 Å². The Hall–Kier alpha value is -4.73. The average Bonchev–Trinajstić information content (AvgIpc) is 2.84. The van der Waals surface area contributed by atoms with E-state index >= 15 is 0 Å². The number of benzene rings is 3. The molecule has 0 radical (unpaired) electrons. The lowest BCUT2D eigenvalue weighted by atomic mass is 10.1. The molecule has 1 amide bonds. The molecule has 35 heavy (non-hydrogen) atoms. The minimum atomic E-state index is -1.04. The zero-order valence-electron chi connectivity index (χ0n) is 18.2.